The van der Waals surface area contributed by atoms with Gasteiger partial charge in [-0.15, -0.1) is 0 Å². The van der Waals surface area contributed by atoms with Gasteiger partial charge in [0.15, 0.2) is 0 Å². The van der Waals surface area contributed by atoms with Crippen LogP contribution in [0.2, 0.25) is 0 Å². The minimum absolute atomic E-state index is 0.000000000000000222. The van der Waals surface area contributed by atoms with Gasteiger partial charge in [0, 0.05) is 5.57 Å². The molecule has 0 amide bonds. The van der Waals surface area contributed by atoms with Crippen LogP contribution < -0.4 is 0 Å². The second kappa shape index (κ2) is 2.96. The number of carboxylic acid groups (broad SMARTS) is 1. The molecule has 0 atom stereocenters. The van der Waals surface area contributed by atoms with Gasteiger partial charge in [-0.05, 0) is 13.0 Å². The van der Waals surface area contributed by atoms with Crippen LogP contribution in [-0.4, -0.2) is 17.4 Å². The third kappa shape index (κ3) is 2.12. The van der Waals surface area contributed by atoms with Crippen LogP contribution in [0.1, 0.15) is 6.92 Å². The van der Waals surface area contributed by atoms with Crippen LogP contribution in [0.15, 0.2) is 11.6 Å². The van der Waals surface area contributed by atoms with E-state index in [0.29, 0.717) is 0 Å². The molecule has 1 radical (unpaired) electrons. The normalized spacial score (nSPS) is 10.9. The first-order chi connectivity index (χ1) is 3.68. The van der Waals surface area contributed by atoms with Gasteiger partial charge in [0.05, 0.1) is 0 Å². The third-order valence-corrected chi connectivity index (χ3v) is 0.613. The van der Waals surface area contributed by atoms with Crippen molar-refractivity contribution < 1.29 is 14.7 Å². The van der Waals surface area contributed by atoms with Crippen LogP contribution in [-0.2, 0) is 9.59 Å². The standard InChI is InChI=1S/C5H5O3/c1-4(2-3-6)5(7)8/h2H,1H3,(H,7,8). The number of hydrogen-bond donors (Lipinski definition) is 1. The first-order valence-electron chi connectivity index (χ1n) is 1.96. The van der Waals surface area contributed by atoms with Crippen LogP contribution in [0.5, 0.6) is 0 Å². The fourth-order valence-corrected chi connectivity index (χ4v) is 0.150. The Morgan fingerprint density at radius 3 is 2.38 bits per heavy atom. The third-order valence-electron chi connectivity index (χ3n) is 0.613. The molecule has 0 aliphatic heterocycles. The van der Waals surface area contributed by atoms with Crippen molar-refractivity contribution in [1.29, 1.82) is 0 Å². The van der Waals surface area contributed by atoms with E-state index in [4.69, 9.17) is 5.11 Å². The zero-order valence-corrected chi connectivity index (χ0v) is 4.34. The maximum absolute atomic E-state index is 9.84. The lowest BCUT2D eigenvalue weighted by atomic mass is 10.3. The fraction of sp³-hybridized carbons (Fsp3) is 0.200. The van der Waals surface area contributed by atoms with Crippen LogP contribution in [0.25, 0.3) is 0 Å². The van der Waals surface area contributed by atoms with E-state index in [1.54, 1.807) is 0 Å². The van der Waals surface area contributed by atoms with Gasteiger partial charge in [-0.1, -0.05) is 0 Å². The van der Waals surface area contributed by atoms with Gasteiger partial charge in [-0.25, -0.2) is 4.79 Å². The molecule has 1 N–H and O–H groups in total. The highest BCUT2D eigenvalue weighted by atomic mass is 16.4. The van der Waals surface area contributed by atoms with Gasteiger partial charge >= 0.3 is 5.97 Å². The summed E-state index contributed by atoms with van der Waals surface area (Å²) >= 11 is 0. The molecule has 0 aromatic heterocycles. The molecule has 3 nitrogen and oxygen atoms in total. The Morgan fingerprint density at radius 2 is 2.25 bits per heavy atom. The van der Waals surface area contributed by atoms with Gasteiger partial charge in [0.2, 0.25) is 6.29 Å². The van der Waals surface area contributed by atoms with E-state index < -0.39 is 5.97 Å². The zero-order valence-electron chi connectivity index (χ0n) is 4.34. The van der Waals surface area contributed by atoms with E-state index in [1.807, 2.05) is 0 Å². The van der Waals surface area contributed by atoms with E-state index >= 15 is 0 Å². The summed E-state index contributed by atoms with van der Waals surface area (Å²) < 4.78 is 0. The summed E-state index contributed by atoms with van der Waals surface area (Å²) in [6.45, 7) is 1.33. The van der Waals surface area contributed by atoms with Crippen molar-refractivity contribution in [1.82, 2.24) is 0 Å². The molecule has 43 valence electrons. The molecule has 0 unspecified atom stereocenters. The Labute approximate surface area is 46.6 Å². The van der Waals surface area contributed by atoms with Crippen molar-refractivity contribution in [3.63, 3.8) is 0 Å². The molecule has 0 aliphatic rings. The number of hydrogen-bond acceptors (Lipinski definition) is 2. The zero-order chi connectivity index (χ0) is 6.57. The molecule has 8 heavy (non-hydrogen) atoms. The van der Waals surface area contributed by atoms with Crippen molar-refractivity contribution in [2.45, 2.75) is 6.92 Å². The maximum atomic E-state index is 9.84. The Balaban J connectivity index is 3.99. The molecule has 0 saturated carbocycles. The second-order valence-corrected chi connectivity index (χ2v) is 1.25. The van der Waals surface area contributed by atoms with Crippen LogP contribution in [0.4, 0.5) is 0 Å². The highest BCUT2D eigenvalue weighted by Gasteiger charge is 1.95. The monoisotopic (exact) mass is 113 g/mol. The average molecular weight is 113 g/mol. The lowest BCUT2D eigenvalue weighted by Crippen LogP contribution is -1.95. The minimum atomic E-state index is -1.09. The summed E-state index contributed by atoms with van der Waals surface area (Å²) in [6, 6.07) is 0. The Kier molecular flexibility index (Phi) is 2.54. The van der Waals surface area contributed by atoms with Gasteiger partial charge in [0.25, 0.3) is 0 Å². The van der Waals surface area contributed by atoms with E-state index in [2.05, 4.69) is 0 Å². The number of allylic oxidation sites excluding steroid dienone is 1. The smallest absolute Gasteiger partial charge is 0.331 e. The molecule has 0 bridgehead atoms. The first-order valence-corrected chi connectivity index (χ1v) is 1.96. The van der Waals surface area contributed by atoms with E-state index in [0.717, 1.165) is 6.08 Å². The summed E-state index contributed by atoms with van der Waals surface area (Å²) in [5.41, 5.74) is 0.000000000000000222. The molecule has 3 heteroatoms. The predicted molar refractivity (Wildman–Crippen MR) is 27.1 cm³/mol. The van der Waals surface area contributed by atoms with Crippen molar-refractivity contribution in [2.75, 3.05) is 0 Å². The van der Waals surface area contributed by atoms with Gasteiger partial charge in [-0.3, -0.25) is 4.79 Å². The van der Waals surface area contributed by atoms with Crippen molar-refractivity contribution in [3.8, 4) is 0 Å². The SMILES string of the molecule is CC(=C[C]=O)C(=O)O. The van der Waals surface area contributed by atoms with E-state index in [9.17, 15) is 9.59 Å². The largest absolute Gasteiger partial charge is 0.478 e. The number of carbonyl (C=O) groups excluding carboxylic acids is 1. The highest BCUT2D eigenvalue weighted by molar-refractivity contribution is 5.90. The van der Waals surface area contributed by atoms with Gasteiger partial charge in [-0.2, -0.15) is 0 Å². The maximum Gasteiger partial charge on any atom is 0.331 e. The summed E-state index contributed by atoms with van der Waals surface area (Å²) in [5.74, 6) is -1.09. The van der Waals surface area contributed by atoms with Crippen molar-refractivity contribution in [2.24, 2.45) is 0 Å². The molecule has 0 spiro atoms. The molecule has 0 aliphatic carbocycles. The Morgan fingerprint density at radius 1 is 1.75 bits per heavy atom. The average Bonchev–Trinajstić information content (AvgIpc) is 1.67. The lowest BCUT2D eigenvalue weighted by Gasteiger charge is -1.83. The lowest BCUT2D eigenvalue weighted by molar-refractivity contribution is -0.132. The molecular weight excluding hydrogens is 108 g/mol. The number of rotatable bonds is 2. The quantitative estimate of drug-likeness (QED) is 0.518. The Hall–Kier alpha value is -1.12. The van der Waals surface area contributed by atoms with Crippen LogP contribution in [0, 0.1) is 0 Å². The highest BCUT2D eigenvalue weighted by Crippen LogP contribution is 1.87. The van der Waals surface area contributed by atoms with Crippen LogP contribution in [0.3, 0.4) is 0 Å². The topological polar surface area (TPSA) is 54.4 Å². The molecule has 0 rings (SSSR count). The summed E-state index contributed by atoms with van der Waals surface area (Å²) in [4.78, 5) is 19.3. The first kappa shape index (κ1) is 6.88. The molecule has 0 aromatic rings. The van der Waals surface area contributed by atoms with Gasteiger partial charge < -0.3 is 5.11 Å². The molecule has 0 aromatic carbocycles. The number of aliphatic carboxylic acids is 1. The molecule has 0 fully saturated rings. The second-order valence-electron chi connectivity index (χ2n) is 1.25. The Bertz CT molecular complexity index is 135. The van der Waals surface area contributed by atoms with Gasteiger partial charge in [0.1, 0.15) is 0 Å². The predicted octanol–water partition coefficient (Wildman–Crippen LogP) is 0.127. The van der Waals surface area contributed by atoms with Crippen molar-refractivity contribution >= 4 is 12.3 Å². The number of carboxylic acids is 1. The minimum Gasteiger partial charge on any atom is -0.478 e. The fourth-order valence-electron chi connectivity index (χ4n) is 0.150. The molecule has 0 saturated heterocycles. The van der Waals surface area contributed by atoms with E-state index in [1.165, 1.54) is 13.2 Å². The van der Waals surface area contributed by atoms with Crippen LogP contribution >= 0.6 is 0 Å². The van der Waals surface area contributed by atoms with Crippen molar-refractivity contribution in [3.05, 3.63) is 11.6 Å². The number of carbonyl (C=O) groups is 1. The molecular formula is C5H5O3. The summed E-state index contributed by atoms with van der Waals surface area (Å²) in [7, 11) is 0. The summed E-state index contributed by atoms with van der Waals surface area (Å²) in [5, 5.41) is 8.07. The summed E-state index contributed by atoms with van der Waals surface area (Å²) in [6.07, 6.45) is 2.23. The van der Waals surface area contributed by atoms with E-state index in [-0.39, 0.29) is 5.57 Å². The molecule has 0 heterocycles.